The number of aliphatic hydroxyl groups excluding tert-OH is 1. The lowest BCUT2D eigenvalue weighted by molar-refractivity contribution is -0.155. The molecule has 0 aromatic heterocycles. The minimum absolute atomic E-state index is 0.204. The highest BCUT2D eigenvalue weighted by Gasteiger charge is 2.75. The minimum atomic E-state index is -1.13. The molecule has 1 aromatic carbocycles. The summed E-state index contributed by atoms with van der Waals surface area (Å²) in [6.07, 6.45) is 2.74. The minimum Gasteiger partial charge on any atom is -0.466 e. The highest BCUT2D eigenvalue weighted by Crippen LogP contribution is 2.59. The molecule has 35 heavy (non-hydrogen) atoms. The van der Waals surface area contributed by atoms with E-state index in [4.69, 9.17) is 9.47 Å². The predicted molar refractivity (Wildman–Crippen MR) is 131 cm³/mol. The van der Waals surface area contributed by atoms with Crippen LogP contribution in [0.4, 0.5) is 5.69 Å². The fourth-order valence-electron chi connectivity index (χ4n) is 6.48. The third-order valence-corrected chi connectivity index (χ3v) is 7.89. The Labute approximate surface area is 206 Å². The Bertz CT molecular complexity index is 1000. The molecule has 6 atom stereocenters. The van der Waals surface area contributed by atoms with Crippen LogP contribution in [0.5, 0.6) is 0 Å². The maximum Gasteiger partial charge on any atom is 0.312 e. The summed E-state index contributed by atoms with van der Waals surface area (Å²) in [5.41, 5.74) is 1.51. The van der Waals surface area contributed by atoms with Gasteiger partial charge in [0.25, 0.3) is 5.91 Å². The summed E-state index contributed by atoms with van der Waals surface area (Å²) in [4.78, 5) is 44.5. The van der Waals surface area contributed by atoms with Crippen molar-refractivity contribution < 1.29 is 29.0 Å². The first kappa shape index (κ1) is 25.4. The lowest BCUT2D eigenvalue weighted by Gasteiger charge is -2.39. The zero-order valence-corrected chi connectivity index (χ0v) is 21.0. The molecule has 8 nitrogen and oxygen atoms in total. The van der Waals surface area contributed by atoms with Gasteiger partial charge in [-0.1, -0.05) is 31.2 Å². The first-order valence-corrected chi connectivity index (χ1v) is 12.5. The van der Waals surface area contributed by atoms with E-state index in [9.17, 15) is 19.5 Å². The second-order valence-corrected chi connectivity index (χ2v) is 9.78. The van der Waals surface area contributed by atoms with Crippen LogP contribution in [0.1, 0.15) is 44.2 Å². The van der Waals surface area contributed by atoms with Gasteiger partial charge in [-0.15, -0.1) is 6.58 Å². The number of benzene rings is 1. The molecule has 3 aliphatic rings. The van der Waals surface area contributed by atoms with E-state index in [0.29, 0.717) is 19.3 Å². The van der Waals surface area contributed by atoms with Gasteiger partial charge in [-0.2, -0.15) is 0 Å². The number of hydrogen-bond donors (Lipinski definition) is 1. The number of hydrogen-bond acceptors (Lipinski definition) is 6. The Balaban J connectivity index is 1.84. The maximum atomic E-state index is 14.5. The molecule has 1 spiro atoms. The SMILES string of the molecule is C=CCN(C(=O)[C@@H]1N([C@@H](CC)CO)C(=O)[C@H]2[C@H](C(=O)OCC)[C@@H]3CC[C@]12O3)c1c(C)cccc1C. The van der Waals surface area contributed by atoms with Crippen LogP contribution in [0.3, 0.4) is 0 Å². The number of aliphatic hydroxyl groups is 1. The fraction of sp³-hybridized carbons (Fsp3) is 0.593. The Kier molecular flexibility index (Phi) is 7.06. The van der Waals surface area contributed by atoms with Crippen molar-refractivity contribution in [1.29, 1.82) is 0 Å². The largest absolute Gasteiger partial charge is 0.466 e. The topological polar surface area (TPSA) is 96.4 Å². The molecule has 1 aromatic rings. The highest BCUT2D eigenvalue weighted by atomic mass is 16.6. The van der Waals surface area contributed by atoms with E-state index in [1.54, 1.807) is 17.9 Å². The summed E-state index contributed by atoms with van der Waals surface area (Å²) < 4.78 is 11.8. The van der Waals surface area contributed by atoms with Crippen molar-refractivity contribution in [3.63, 3.8) is 0 Å². The van der Waals surface area contributed by atoms with Gasteiger partial charge in [0.2, 0.25) is 5.91 Å². The summed E-state index contributed by atoms with van der Waals surface area (Å²) in [7, 11) is 0. The predicted octanol–water partition coefficient (Wildman–Crippen LogP) is 2.53. The molecular weight excluding hydrogens is 448 g/mol. The maximum absolute atomic E-state index is 14.5. The number of ether oxygens (including phenoxy) is 2. The monoisotopic (exact) mass is 484 g/mol. The molecule has 3 heterocycles. The Morgan fingerprint density at radius 2 is 2.03 bits per heavy atom. The molecule has 190 valence electrons. The zero-order chi connectivity index (χ0) is 25.5. The smallest absolute Gasteiger partial charge is 0.312 e. The van der Waals surface area contributed by atoms with Crippen molar-refractivity contribution in [2.24, 2.45) is 11.8 Å². The Morgan fingerprint density at radius 1 is 1.34 bits per heavy atom. The van der Waals surface area contributed by atoms with E-state index < -0.39 is 41.6 Å². The van der Waals surface area contributed by atoms with Gasteiger partial charge in [0.05, 0.1) is 37.2 Å². The highest BCUT2D eigenvalue weighted by molar-refractivity contribution is 6.05. The molecule has 3 saturated heterocycles. The average Bonchev–Trinajstić information content (AvgIpc) is 3.47. The van der Waals surface area contributed by atoms with Crippen molar-refractivity contribution in [3.8, 4) is 0 Å². The number of carbonyl (C=O) groups excluding carboxylic acids is 3. The number of para-hydroxylation sites is 1. The fourth-order valence-corrected chi connectivity index (χ4v) is 6.48. The standard InChI is InChI=1S/C27H36N2O6/c1-6-14-28(22-16(4)10-9-11-17(22)5)25(32)23-27-13-12-19(35-27)20(26(33)34-8-3)21(27)24(31)29(23)18(7-2)15-30/h6,9-11,18-21,23,30H,1,7-8,12-15H2,2-5H3/t18-,19-,20+,21+,23-,27+/m0/s1. The van der Waals surface area contributed by atoms with Crippen LogP contribution in [0.2, 0.25) is 0 Å². The van der Waals surface area contributed by atoms with Gasteiger partial charge in [-0.05, 0) is 51.2 Å². The van der Waals surface area contributed by atoms with Crippen LogP contribution in [-0.4, -0.2) is 71.3 Å². The van der Waals surface area contributed by atoms with E-state index in [0.717, 1.165) is 16.8 Å². The van der Waals surface area contributed by atoms with Crippen LogP contribution < -0.4 is 4.90 Å². The number of fused-ring (bicyclic) bond motifs is 1. The third-order valence-electron chi connectivity index (χ3n) is 7.89. The summed E-state index contributed by atoms with van der Waals surface area (Å²) in [5, 5.41) is 10.2. The molecule has 8 heteroatoms. The van der Waals surface area contributed by atoms with E-state index in [2.05, 4.69) is 6.58 Å². The molecule has 1 N–H and O–H groups in total. The van der Waals surface area contributed by atoms with Crippen LogP contribution in [0.25, 0.3) is 0 Å². The van der Waals surface area contributed by atoms with Crippen LogP contribution in [-0.2, 0) is 23.9 Å². The molecule has 2 amide bonds. The molecule has 4 rings (SSSR count). The molecule has 3 fully saturated rings. The van der Waals surface area contributed by atoms with Gasteiger partial charge in [0.15, 0.2) is 0 Å². The van der Waals surface area contributed by atoms with Crippen molar-refractivity contribution in [3.05, 3.63) is 42.0 Å². The number of nitrogens with zero attached hydrogens (tertiary/aromatic N) is 2. The summed E-state index contributed by atoms with van der Waals surface area (Å²) in [6.45, 7) is 11.5. The van der Waals surface area contributed by atoms with E-state index in [1.165, 1.54) is 4.90 Å². The van der Waals surface area contributed by atoms with E-state index >= 15 is 0 Å². The van der Waals surface area contributed by atoms with Gasteiger partial charge in [-0.25, -0.2) is 0 Å². The molecule has 0 unspecified atom stereocenters. The summed E-state index contributed by atoms with van der Waals surface area (Å²) in [5.74, 6) is -2.61. The van der Waals surface area contributed by atoms with Crippen molar-refractivity contribution in [2.45, 2.75) is 70.7 Å². The van der Waals surface area contributed by atoms with E-state index in [-0.39, 0.29) is 31.6 Å². The van der Waals surface area contributed by atoms with Gasteiger partial charge < -0.3 is 24.4 Å². The van der Waals surface area contributed by atoms with Gasteiger partial charge in [0, 0.05) is 12.2 Å². The first-order valence-electron chi connectivity index (χ1n) is 12.5. The third kappa shape index (κ3) is 3.78. The van der Waals surface area contributed by atoms with Gasteiger partial charge >= 0.3 is 5.97 Å². The van der Waals surface area contributed by atoms with Crippen LogP contribution in [0.15, 0.2) is 30.9 Å². The molecule has 0 aliphatic carbocycles. The summed E-state index contributed by atoms with van der Waals surface area (Å²) >= 11 is 0. The number of esters is 1. The van der Waals surface area contributed by atoms with Crippen molar-refractivity contribution >= 4 is 23.5 Å². The Hall–Kier alpha value is -2.71. The lowest BCUT2D eigenvalue weighted by atomic mass is 9.70. The second-order valence-electron chi connectivity index (χ2n) is 9.78. The number of likely N-dealkylation sites (tertiary alicyclic amines) is 1. The first-order chi connectivity index (χ1) is 16.8. The van der Waals surface area contributed by atoms with Crippen LogP contribution in [0, 0.1) is 25.7 Å². The van der Waals surface area contributed by atoms with E-state index in [1.807, 2.05) is 39.0 Å². The number of rotatable bonds is 9. The average molecular weight is 485 g/mol. The number of amides is 2. The Morgan fingerprint density at radius 3 is 2.60 bits per heavy atom. The molecule has 3 aliphatic heterocycles. The number of anilines is 1. The second kappa shape index (κ2) is 9.74. The van der Waals surface area contributed by atoms with Crippen molar-refractivity contribution in [1.82, 2.24) is 4.90 Å². The van der Waals surface area contributed by atoms with Crippen LogP contribution >= 0.6 is 0 Å². The molecule has 0 radical (unpaired) electrons. The zero-order valence-electron chi connectivity index (χ0n) is 21.0. The quantitative estimate of drug-likeness (QED) is 0.428. The lowest BCUT2D eigenvalue weighted by Crippen LogP contribution is -2.59. The normalized spacial score (nSPS) is 29.7. The molecule has 0 saturated carbocycles. The van der Waals surface area contributed by atoms with Crippen molar-refractivity contribution in [2.75, 3.05) is 24.7 Å². The van der Waals surface area contributed by atoms with Gasteiger partial charge in [-0.3, -0.25) is 14.4 Å². The molecular formula is C27H36N2O6. The summed E-state index contributed by atoms with van der Waals surface area (Å²) in [6, 6.07) is 4.31. The number of aryl methyl sites for hydroxylation is 2. The van der Waals surface area contributed by atoms with Gasteiger partial charge in [0.1, 0.15) is 11.6 Å². The molecule has 2 bridgehead atoms. The number of carbonyl (C=O) groups is 3.